The van der Waals surface area contributed by atoms with Crippen LogP contribution in [0.4, 0.5) is 22.7 Å². The lowest BCUT2D eigenvalue weighted by Gasteiger charge is -2.14. The van der Waals surface area contributed by atoms with Crippen molar-refractivity contribution in [3.8, 4) is 11.1 Å². The molecule has 40 heavy (non-hydrogen) atoms. The Morgan fingerprint density at radius 2 is 0.925 bits per heavy atom. The maximum atomic E-state index is 12.9. The number of hydrogen-bond donors (Lipinski definition) is 2. The highest BCUT2D eigenvalue weighted by atomic mass is 32.2. The molecule has 0 saturated heterocycles. The number of rotatable bonds is 9. The van der Waals surface area contributed by atoms with Gasteiger partial charge in [-0.15, -0.1) is 0 Å². The van der Waals surface area contributed by atoms with Crippen molar-refractivity contribution in [1.82, 2.24) is 0 Å². The molecule has 0 aliphatic rings. The zero-order valence-corrected chi connectivity index (χ0v) is 22.7. The van der Waals surface area contributed by atoms with Crippen molar-refractivity contribution in [2.24, 2.45) is 0 Å². The van der Waals surface area contributed by atoms with Crippen molar-refractivity contribution in [3.05, 3.63) is 116 Å². The average Bonchev–Trinajstić information content (AvgIpc) is 2.90. The van der Waals surface area contributed by atoms with Gasteiger partial charge in [-0.3, -0.25) is 29.7 Å². The second kappa shape index (κ2) is 10.7. The van der Waals surface area contributed by atoms with Crippen LogP contribution < -0.4 is 9.44 Å². The Bertz CT molecular complexity index is 1740. The van der Waals surface area contributed by atoms with Crippen LogP contribution in [0.3, 0.4) is 0 Å². The summed E-state index contributed by atoms with van der Waals surface area (Å²) in [7, 11) is -8.50. The minimum atomic E-state index is -4.25. The third kappa shape index (κ3) is 5.77. The molecule has 4 aromatic carbocycles. The second-order valence-corrected chi connectivity index (χ2v) is 12.0. The van der Waals surface area contributed by atoms with Crippen molar-refractivity contribution in [2.45, 2.75) is 23.6 Å². The van der Waals surface area contributed by atoms with E-state index in [-0.39, 0.29) is 11.4 Å². The fourth-order valence-electron chi connectivity index (χ4n) is 3.99. The minimum Gasteiger partial charge on any atom is -0.279 e. The van der Waals surface area contributed by atoms with Gasteiger partial charge in [-0.2, -0.15) is 0 Å². The molecule has 206 valence electrons. The number of hydrogen-bond acceptors (Lipinski definition) is 8. The first-order valence-electron chi connectivity index (χ1n) is 11.5. The van der Waals surface area contributed by atoms with Crippen molar-refractivity contribution in [3.63, 3.8) is 0 Å². The first-order chi connectivity index (χ1) is 18.8. The highest BCUT2D eigenvalue weighted by molar-refractivity contribution is 7.93. The molecule has 0 radical (unpaired) electrons. The molecule has 0 fully saturated rings. The predicted molar refractivity (Wildman–Crippen MR) is 149 cm³/mol. The van der Waals surface area contributed by atoms with E-state index in [1.165, 1.54) is 36.4 Å². The highest BCUT2D eigenvalue weighted by Gasteiger charge is 2.27. The molecule has 0 atom stereocenters. The first kappa shape index (κ1) is 28.2. The van der Waals surface area contributed by atoms with E-state index in [0.717, 1.165) is 24.3 Å². The van der Waals surface area contributed by atoms with E-state index < -0.39 is 51.1 Å². The number of nitrogens with zero attached hydrogens (tertiary/aromatic N) is 2. The van der Waals surface area contributed by atoms with Crippen LogP contribution in [-0.2, 0) is 20.0 Å². The Labute approximate surface area is 229 Å². The van der Waals surface area contributed by atoms with Gasteiger partial charge in [0, 0.05) is 12.1 Å². The fraction of sp³-hybridized carbons (Fsp3) is 0.0769. The molecular weight excluding hydrogens is 560 g/mol. The van der Waals surface area contributed by atoms with Gasteiger partial charge < -0.3 is 0 Å². The molecule has 0 amide bonds. The van der Waals surface area contributed by atoms with Gasteiger partial charge in [-0.1, -0.05) is 36.4 Å². The van der Waals surface area contributed by atoms with Crippen LogP contribution in [-0.4, -0.2) is 26.7 Å². The van der Waals surface area contributed by atoms with E-state index in [2.05, 4.69) is 9.44 Å². The summed E-state index contributed by atoms with van der Waals surface area (Å²) in [6.07, 6.45) is 0. The molecule has 4 rings (SSSR count). The molecule has 0 bridgehead atoms. The van der Waals surface area contributed by atoms with Crippen molar-refractivity contribution < 1.29 is 26.7 Å². The lowest BCUT2D eigenvalue weighted by Crippen LogP contribution is -2.15. The van der Waals surface area contributed by atoms with Crippen LogP contribution in [0.1, 0.15) is 11.1 Å². The predicted octanol–water partition coefficient (Wildman–Crippen LogP) is 5.39. The van der Waals surface area contributed by atoms with Gasteiger partial charge in [0.15, 0.2) is 9.79 Å². The number of nitrogens with one attached hydrogen (secondary N) is 2. The van der Waals surface area contributed by atoms with Crippen LogP contribution in [0.2, 0.25) is 0 Å². The van der Waals surface area contributed by atoms with E-state index >= 15 is 0 Å². The van der Waals surface area contributed by atoms with E-state index in [9.17, 15) is 37.1 Å². The van der Waals surface area contributed by atoms with Gasteiger partial charge in [-0.05, 0) is 72.5 Å². The molecule has 0 aliphatic carbocycles. The molecule has 12 nitrogen and oxygen atoms in total. The zero-order chi connectivity index (χ0) is 29.2. The Hall–Kier alpha value is -4.82. The SMILES string of the molecule is Cc1cc(-c2ccc(NS(=O)(=O)c3ccccc3[N+](=O)[O-])c(C)c2)ccc1NS(=O)(=O)c1ccccc1[N+](=O)[O-]. The monoisotopic (exact) mass is 582 g/mol. The molecule has 0 unspecified atom stereocenters. The van der Waals surface area contributed by atoms with Crippen molar-refractivity contribution in [1.29, 1.82) is 0 Å². The zero-order valence-electron chi connectivity index (χ0n) is 21.1. The largest absolute Gasteiger partial charge is 0.289 e. The number of nitro groups is 2. The molecule has 0 spiro atoms. The standard InChI is InChI=1S/C26H22N4O8S2/c1-17-15-19(11-13-21(17)27-39(35,36)25-9-5-3-7-23(25)29(31)32)20-12-14-22(18(2)16-20)28-40(37,38)26-10-6-4-8-24(26)30(33)34/h3-16,27-28H,1-2H3. The molecular formula is C26H22N4O8S2. The number of nitro benzene ring substituents is 2. The van der Waals surface area contributed by atoms with Crippen LogP contribution in [0.25, 0.3) is 11.1 Å². The Kier molecular flexibility index (Phi) is 7.57. The Balaban J connectivity index is 1.59. The summed E-state index contributed by atoms with van der Waals surface area (Å²) in [5.74, 6) is 0. The van der Waals surface area contributed by atoms with Crippen LogP contribution in [0.5, 0.6) is 0 Å². The first-order valence-corrected chi connectivity index (χ1v) is 14.5. The number of aryl methyl sites for hydroxylation is 2. The normalized spacial score (nSPS) is 11.6. The third-order valence-corrected chi connectivity index (χ3v) is 8.80. The third-order valence-electron chi connectivity index (χ3n) is 5.98. The van der Waals surface area contributed by atoms with Crippen LogP contribution >= 0.6 is 0 Å². The van der Waals surface area contributed by atoms with Gasteiger partial charge in [0.05, 0.1) is 21.2 Å². The molecule has 4 aromatic rings. The van der Waals surface area contributed by atoms with E-state index in [4.69, 9.17) is 0 Å². The number of sulfonamides is 2. The van der Waals surface area contributed by atoms with Gasteiger partial charge in [0.25, 0.3) is 31.4 Å². The topological polar surface area (TPSA) is 179 Å². The molecule has 0 saturated carbocycles. The van der Waals surface area contributed by atoms with Gasteiger partial charge >= 0.3 is 0 Å². The van der Waals surface area contributed by atoms with Gasteiger partial charge in [0.1, 0.15) is 0 Å². The summed E-state index contributed by atoms with van der Waals surface area (Å²) in [6, 6.07) is 19.8. The van der Waals surface area contributed by atoms with Crippen molar-refractivity contribution >= 4 is 42.8 Å². The maximum Gasteiger partial charge on any atom is 0.289 e. The maximum absolute atomic E-state index is 12.9. The molecule has 0 aliphatic heterocycles. The van der Waals surface area contributed by atoms with Crippen molar-refractivity contribution in [2.75, 3.05) is 9.44 Å². The minimum absolute atomic E-state index is 0.229. The Morgan fingerprint density at radius 1 is 0.575 bits per heavy atom. The molecule has 0 heterocycles. The van der Waals surface area contributed by atoms with E-state index in [1.54, 1.807) is 38.1 Å². The molecule has 2 N–H and O–H groups in total. The number of benzene rings is 4. The Morgan fingerprint density at radius 3 is 1.25 bits per heavy atom. The van der Waals surface area contributed by atoms with Crippen LogP contribution in [0.15, 0.2) is 94.7 Å². The lowest BCUT2D eigenvalue weighted by molar-refractivity contribution is -0.388. The summed E-state index contributed by atoms with van der Waals surface area (Å²) in [6.45, 7) is 3.34. The lowest BCUT2D eigenvalue weighted by atomic mass is 10.0. The van der Waals surface area contributed by atoms with E-state index in [0.29, 0.717) is 22.3 Å². The number of anilines is 2. The van der Waals surface area contributed by atoms with Gasteiger partial charge in [0.2, 0.25) is 0 Å². The molecule has 0 aromatic heterocycles. The number of para-hydroxylation sites is 2. The smallest absolute Gasteiger partial charge is 0.279 e. The highest BCUT2D eigenvalue weighted by Crippen LogP contribution is 2.32. The van der Waals surface area contributed by atoms with Crippen LogP contribution in [0, 0.1) is 34.1 Å². The quantitative estimate of drug-likeness (QED) is 0.195. The average molecular weight is 583 g/mol. The van der Waals surface area contributed by atoms with Gasteiger partial charge in [-0.25, -0.2) is 16.8 Å². The summed E-state index contributed by atoms with van der Waals surface area (Å²) < 4.78 is 56.3. The summed E-state index contributed by atoms with van der Waals surface area (Å²) in [5.41, 5.74) is 1.84. The second-order valence-electron chi connectivity index (χ2n) is 8.72. The summed E-state index contributed by atoms with van der Waals surface area (Å²) >= 11 is 0. The molecule has 14 heteroatoms. The fourth-order valence-corrected chi connectivity index (χ4v) is 6.59. The summed E-state index contributed by atoms with van der Waals surface area (Å²) in [5, 5.41) is 22.6. The van der Waals surface area contributed by atoms with E-state index in [1.807, 2.05) is 0 Å². The summed E-state index contributed by atoms with van der Waals surface area (Å²) in [4.78, 5) is 20.1.